The fourth-order valence-electron chi connectivity index (χ4n) is 8.28. The molecule has 0 N–H and O–H groups in total. The van der Waals surface area contributed by atoms with E-state index < -0.39 is 0 Å². The molecule has 0 amide bonds. The molecule has 0 bridgehead atoms. The standard InChI is InChI=1S/C48H27N5OS/c1-2-10-29-25-31(20-19-28(29)9-1)46-50-47(36-14-7-16-40-44(36)34-23-24-49-27-41(34)54-40)52-48(51-46)53-38-15-5-3-11-33(38)37-26-30(21-22-39(37)53)32-13-8-18-43-45(32)35-12-4-6-17-42(35)55-43/h1-27H. The zero-order valence-electron chi connectivity index (χ0n) is 29.1. The van der Waals surface area contributed by atoms with Gasteiger partial charge >= 0.3 is 0 Å². The molecular weight excluding hydrogens is 695 g/mol. The van der Waals surface area contributed by atoms with Crippen molar-refractivity contribution in [3.8, 4) is 39.9 Å². The lowest BCUT2D eigenvalue weighted by Gasteiger charge is -2.12. The van der Waals surface area contributed by atoms with Crippen LogP contribution in [-0.4, -0.2) is 24.5 Å². The molecule has 55 heavy (non-hydrogen) atoms. The van der Waals surface area contributed by atoms with Gasteiger partial charge in [-0.2, -0.15) is 9.97 Å². The van der Waals surface area contributed by atoms with E-state index in [2.05, 4.69) is 143 Å². The van der Waals surface area contributed by atoms with E-state index in [0.29, 0.717) is 17.6 Å². The van der Waals surface area contributed by atoms with Gasteiger partial charge in [0.05, 0.1) is 17.2 Å². The zero-order chi connectivity index (χ0) is 36.0. The van der Waals surface area contributed by atoms with Gasteiger partial charge in [0.15, 0.2) is 17.2 Å². The first-order chi connectivity index (χ1) is 27.2. The summed E-state index contributed by atoms with van der Waals surface area (Å²) in [5, 5.41) is 9.04. The molecule has 12 aromatic rings. The Morgan fingerprint density at radius 3 is 2.20 bits per heavy atom. The Bertz CT molecular complexity index is 3520. The van der Waals surface area contributed by atoms with Gasteiger partial charge in [-0.1, -0.05) is 103 Å². The highest BCUT2D eigenvalue weighted by Crippen LogP contribution is 2.42. The van der Waals surface area contributed by atoms with Crippen LogP contribution in [0.1, 0.15) is 0 Å². The molecule has 12 rings (SSSR count). The number of thiophene rings is 1. The van der Waals surface area contributed by atoms with Crippen LogP contribution in [0.25, 0.3) is 115 Å². The van der Waals surface area contributed by atoms with Crippen molar-refractivity contribution in [2.45, 2.75) is 0 Å². The van der Waals surface area contributed by atoms with Crippen LogP contribution in [-0.2, 0) is 0 Å². The van der Waals surface area contributed by atoms with Crippen molar-refractivity contribution in [2.24, 2.45) is 0 Å². The molecule has 0 fully saturated rings. The molecule has 6 nitrogen and oxygen atoms in total. The lowest BCUT2D eigenvalue weighted by Crippen LogP contribution is -2.06. The summed E-state index contributed by atoms with van der Waals surface area (Å²) in [7, 11) is 0. The average molecular weight is 722 g/mol. The number of pyridine rings is 1. The fourth-order valence-corrected chi connectivity index (χ4v) is 9.41. The summed E-state index contributed by atoms with van der Waals surface area (Å²) in [6, 6.07) is 53.4. The van der Waals surface area contributed by atoms with E-state index in [1.165, 1.54) is 31.3 Å². The van der Waals surface area contributed by atoms with Crippen LogP contribution in [0.15, 0.2) is 168 Å². The maximum Gasteiger partial charge on any atom is 0.238 e. The van der Waals surface area contributed by atoms with Gasteiger partial charge in [0.1, 0.15) is 5.58 Å². The van der Waals surface area contributed by atoms with E-state index in [4.69, 9.17) is 19.4 Å². The molecule has 0 aliphatic heterocycles. The number of para-hydroxylation sites is 1. The quantitative estimate of drug-likeness (QED) is 0.181. The minimum absolute atomic E-state index is 0.546. The van der Waals surface area contributed by atoms with Gasteiger partial charge in [-0.15, -0.1) is 11.3 Å². The highest BCUT2D eigenvalue weighted by molar-refractivity contribution is 7.25. The Kier molecular flexibility index (Phi) is 6.40. The highest BCUT2D eigenvalue weighted by Gasteiger charge is 2.21. The second-order valence-electron chi connectivity index (χ2n) is 13.9. The number of furan rings is 1. The van der Waals surface area contributed by atoms with E-state index in [1.54, 1.807) is 12.4 Å². The molecule has 256 valence electrons. The van der Waals surface area contributed by atoms with Crippen molar-refractivity contribution in [2.75, 3.05) is 0 Å². The summed E-state index contributed by atoms with van der Waals surface area (Å²) in [4.78, 5) is 20.1. The molecule has 0 saturated carbocycles. The highest BCUT2D eigenvalue weighted by atomic mass is 32.1. The third kappa shape index (κ3) is 4.60. The van der Waals surface area contributed by atoms with Gasteiger partial charge < -0.3 is 4.42 Å². The molecule has 0 spiro atoms. The van der Waals surface area contributed by atoms with Crippen LogP contribution in [0.3, 0.4) is 0 Å². The maximum absolute atomic E-state index is 6.25. The van der Waals surface area contributed by atoms with Gasteiger partial charge in [0.2, 0.25) is 5.95 Å². The minimum atomic E-state index is 0.546. The average Bonchev–Trinajstić information content (AvgIpc) is 3.93. The number of nitrogens with zero attached hydrogens (tertiary/aromatic N) is 5. The van der Waals surface area contributed by atoms with Gasteiger partial charge in [-0.3, -0.25) is 9.55 Å². The summed E-state index contributed by atoms with van der Waals surface area (Å²) >= 11 is 1.84. The molecule has 0 aliphatic carbocycles. The van der Waals surface area contributed by atoms with E-state index >= 15 is 0 Å². The van der Waals surface area contributed by atoms with Crippen LogP contribution in [0.2, 0.25) is 0 Å². The summed E-state index contributed by atoms with van der Waals surface area (Å²) < 4.78 is 11.0. The first kappa shape index (κ1) is 30.3. The Morgan fingerprint density at radius 2 is 1.24 bits per heavy atom. The fraction of sp³-hybridized carbons (Fsp3) is 0. The number of rotatable bonds is 4. The molecule has 5 aromatic heterocycles. The Labute approximate surface area is 317 Å². The summed E-state index contributed by atoms with van der Waals surface area (Å²) in [5.74, 6) is 1.71. The first-order valence-corrected chi connectivity index (χ1v) is 19.0. The Hall–Kier alpha value is -7.22. The van der Waals surface area contributed by atoms with Crippen molar-refractivity contribution in [3.63, 3.8) is 0 Å². The molecule has 0 unspecified atom stereocenters. The minimum Gasteiger partial charge on any atom is -0.454 e. The molecule has 7 heteroatoms. The number of hydrogen-bond donors (Lipinski definition) is 0. The lowest BCUT2D eigenvalue weighted by molar-refractivity contribution is 0.667. The van der Waals surface area contributed by atoms with E-state index in [-0.39, 0.29) is 0 Å². The number of aromatic nitrogens is 5. The predicted octanol–water partition coefficient (Wildman–Crippen LogP) is 12.8. The summed E-state index contributed by atoms with van der Waals surface area (Å²) in [5.41, 5.74) is 7.70. The second kappa shape index (κ2) is 11.6. The third-order valence-electron chi connectivity index (χ3n) is 10.8. The number of fused-ring (bicyclic) bond motifs is 10. The smallest absolute Gasteiger partial charge is 0.238 e. The lowest BCUT2D eigenvalue weighted by atomic mass is 9.98. The topological polar surface area (TPSA) is 69.6 Å². The van der Waals surface area contributed by atoms with E-state index in [9.17, 15) is 0 Å². The maximum atomic E-state index is 6.25. The van der Waals surface area contributed by atoms with Gasteiger partial charge in [0, 0.05) is 59.0 Å². The molecule has 7 aromatic carbocycles. The van der Waals surface area contributed by atoms with E-state index in [1.807, 2.05) is 29.5 Å². The van der Waals surface area contributed by atoms with Crippen LogP contribution >= 0.6 is 11.3 Å². The first-order valence-electron chi connectivity index (χ1n) is 18.2. The molecule has 0 radical (unpaired) electrons. The summed E-state index contributed by atoms with van der Waals surface area (Å²) in [6.45, 7) is 0. The van der Waals surface area contributed by atoms with Crippen LogP contribution < -0.4 is 0 Å². The van der Waals surface area contributed by atoms with Crippen LogP contribution in [0, 0.1) is 0 Å². The van der Waals surface area contributed by atoms with Crippen molar-refractivity contribution in [3.05, 3.63) is 164 Å². The van der Waals surface area contributed by atoms with Crippen molar-refractivity contribution in [1.82, 2.24) is 24.5 Å². The van der Waals surface area contributed by atoms with Gasteiger partial charge in [0.25, 0.3) is 0 Å². The van der Waals surface area contributed by atoms with Gasteiger partial charge in [-0.25, -0.2) is 4.98 Å². The van der Waals surface area contributed by atoms with Crippen molar-refractivity contribution >= 4 is 86.0 Å². The monoisotopic (exact) mass is 721 g/mol. The normalized spacial score (nSPS) is 12.0. The van der Waals surface area contributed by atoms with Gasteiger partial charge in [-0.05, 0) is 70.4 Å². The van der Waals surface area contributed by atoms with Crippen LogP contribution in [0.4, 0.5) is 0 Å². The second-order valence-corrected chi connectivity index (χ2v) is 14.9. The number of benzene rings is 7. The molecule has 0 atom stereocenters. The Morgan fingerprint density at radius 1 is 0.473 bits per heavy atom. The molecule has 5 heterocycles. The largest absolute Gasteiger partial charge is 0.454 e. The van der Waals surface area contributed by atoms with Crippen molar-refractivity contribution in [1.29, 1.82) is 0 Å². The Balaban J connectivity index is 1.13. The third-order valence-corrected chi connectivity index (χ3v) is 11.9. The SMILES string of the molecule is c1ccc2cc(-c3nc(-c4cccc5oc6cnccc6c45)nc(-n4c5ccccc5c5cc(-c6cccc7sc8ccccc8c67)ccc54)n3)ccc2c1. The van der Waals surface area contributed by atoms with E-state index in [0.717, 1.165) is 65.6 Å². The predicted molar refractivity (Wildman–Crippen MR) is 226 cm³/mol. The molecule has 0 saturated heterocycles. The zero-order valence-corrected chi connectivity index (χ0v) is 30.0. The molecule has 0 aliphatic rings. The summed E-state index contributed by atoms with van der Waals surface area (Å²) in [6.07, 6.45) is 3.55. The number of hydrogen-bond acceptors (Lipinski definition) is 6. The molecular formula is C48H27N5OS. The van der Waals surface area contributed by atoms with Crippen LogP contribution in [0.5, 0.6) is 0 Å². The van der Waals surface area contributed by atoms with Crippen molar-refractivity contribution < 1.29 is 4.42 Å².